The van der Waals surface area contributed by atoms with E-state index in [4.69, 9.17) is 15.2 Å². The third kappa shape index (κ3) is 5.81. The Morgan fingerprint density at radius 3 is 2.46 bits per heavy atom. The molecule has 0 aromatic heterocycles. The Morgan fingerprint density at radius 1 is 1.12 bits per heavy atom. The van der Waals surface area contributed by atoms with Crippen molar-refractivity contribution in [1.82, 2.24) is 4.90 Å². The van der Waals surface area contributed by atoms with Gasteiger partial charge in [0.15, 0.2) is 5.96 Å². The lowest BCUT2D eigenvalue weighted by Crippen LogP contribution is -2.44. The summed E-state index contributed by atoms with van der Waals surface area (Å²) >= 11 is 0. The molecule has 1 aromatic carbocycles. The summed E-state index contributed by atoms with van der Waals surface area (Å²) < 4.78 is 11.4. The molecule has 0 radical (unpaired) electrons. The number of aliphatic imine (C=N–C) groups is 1. The van der Waals surface area contributed by atoms with E-state index >= 15 is 0 Å². The van der Waals surface area contributed by atoms with E-state index in [0.29, 0.717) is 18.6 Å². The van der Waals surface area contributed by atoms with Gasteiger partial charge in [0.1, 0.15) is 5.75 Å². The minimum Gasteiger partial charge on any atom is -0.490 e. The summed E-state index contributed by atoms with van der Waals surface area (Å²) in [5.41, 5.74) is 7.20. The molecule has 5 nitrogen and oxygen atoms in total. The molecular formula is C18H28IN3O2. The average molecular weight is 445 g/mol. The van der Waals surface area contributed by atoms with Crippen molar-refractivity contribution in [3.05, 3.63) is 29.8 Å². The van der Waals surface area contributed by atoms with Crippen molar-refractivity contribution < 1.29 is 9.47 Å². The van der Waals surface area contributed by atoms with E-state index in [9.17, 15) is 0 Å². The van der Waals surface area contributed by atoms with Crippen molar-refractivity contribution >= 4 is 29.9 Å². The maximum Gasteiger partial charge on any atom is 0.191 e. The van der Waals surface area contributed by atoms with Gasteiger partial charge in [-0.15, -0.1) is 24.0 Å². The molecule has 1 heterocycles. The molecule has 3 rings (SSSR count). The van der Waals surface area contributed by atoms with Crippen LogP contribution in [-0.4, -0.2) is 43.3 Å². The number of morpholine rings is 1. The Hall–Kier alpha value is -1.02. The Kier molecular flexibility index (Phi) is 8.11. The third-order valence-corrected chi connectivity index (χ3v) is 4.54. The molecule has 1 saturated carbocycles. The smallest absolute Gasteiger partial charge is 0.191 e. The van der Waals surface area contributed by atoms with E-state index in [1.807, 2.05) is 12.1 Å². The third-order valence-electron chi connectivity index (χ3n) is 4.54. The van der Waals surface area contributed by atoms with E-state index in [-0.39, 0.29) is 24.0 Å². The van der Waals surface area contributed by atoms with Gasteiger partial charge in [0, 0.05) is 13.1 Å². The molecule has 1 saturated heterocycles. The monoisotopic (exact) mass is 445 g/mol. The maximum atomic E-state index is 6.05. The Balaban J connectivity index is 0.00000208. The second-order valence-corrected chi connectivity index (χ2v) is 6.30. The number of guanidine groups is 1. The molecule has 2 N–H and O–H groups in total. The standard InChI is InChI=1S/C18H27N3O2.HI/c19-18(21-10-12-22-13-11-21)20-14-15-6-8-17(9-7-15)23-16-4-2-1-3-5-16;/h6-9,16H,1-5,10-14H2,(H2,19,20);1H. The fraction of sp³-hybridized carbons (Fsp3) is 0.611. The summed E-state index contributed by atoms with van der Waals surface area (Å²) in [6.07, 6.45) is 6.69. The average Bonchev–Trinajstić information content (AvgIpc) is 2.62. The SMILES string of the molecule is I.NC(=NCc1ccc(OC2CCCCC2)cc1)N1CCOCC1. The predicted octanol–water partition coefficient (Wildman–Crippen LogP) is 3.16. The van der Waals surface area contributed by atoms with E-state index in [2.05, 4.69) is 22.0 Å². The lowest BCUT2D eigenvalue weighted by Gasteiger charge is -2.27. The van der Waals surface area contributed by atoms with Gasteiger partial charge in [0.25, 0.3) is 0 Å². The van der Waals surface area contributed by atoms with Crippen molar-refractivity contribution in [2.75, 3.05) is 26.3 Å². The second-order valence-electron chi connectivity index (χ2n) is 6.30. The predicted molar refractivity (Wildman–Crippen MR) is 107 cm³/mol. The molecule has 24 heavy (non-hydrogen) atoms. The number of hydrogen-bond donors (Lipinski definition) is 1. The highest BCUT2D eigenvalue weighted by Crippen LogP contribution is 2.23. The van der Waals surface area contributed by atoms with Crippen LogP contribution < -0.4 is 10.5 Å². The molecule has 134 valence electrons. The highest BCUT2D eigenvalue weighted by atomic mass is 127. The molecule has 0 bridgehead atoms. The quantitative estimate of drug-likeness (QED) is 0.440. The van der Waals surface area contributed by atoms with Gasteiger partial charge in [-0.05, 0) is 43.4 Å². The molecule has 1 aromatic rings. The number of nitrogens with zero attached hydrogens (tertiary/aromatic N) is 2. The number of ether oxygens (including phenoxy) is 2. The van der Waals surface area contributed by atoms with Crippen molar-refractivity contribution in [3.8, 4) is 5.75 Å². The van der Waals surface area contributed by atoms with Crippen LogP contribution in [0.4, 0.5) is 0 Å². The summed E-state index contributed by atoms with van der Waals surface area (Å²) in [6, 6.07) is 8.25. The number of benzene rings is 1. The topological polar surface area (TPSA) is 60.1 Å². The van der Waals surface area contributed by atoms with E-state index in [1.54, 1.807) is 0 Å². The molecule has 0 atom stereocenters. The van der Waals surface area contributed by atoms with Gasteiger partial charge in [0.2, 0.25) is 0 Å². The molecule has 2 aliphatic rings. The number of rotatable bonds is 4. The molecule has 2 fully saturated rings. The summed E-state index contributed by atoms with van der Waals surface area (Å²) in [6.45, 7) is 3.70. The van der Waals surface area contributed by atoms with Crippen molar-refractivity contribution in [2.24, 2.45) is 10.7 Å². The molecule has 6 heteroatoms. The normalized spacial score (nSPS) is 19.7. The lowest BCUT2D eigenvalue weighted by atomic mass is 9.98. The number of nitrogens with two attached hydrogens (primary N) is 1. The first-order valence-electron chi connectivity index (χ1n) is 8.69. The second kappa shape index (κ2) is 10.1. The van der Waals surface area contributed by atoms with Crippen LogP contribution in [0.1, 0.15) is 37.7 Å². The van der Waals surface area contributed by atoms with Crippen molar-refractivity contribution in [2.45, 2.75) is 44.8 Å². The van der Waals surface area contributed by atoms with E-state index in [1.165, 1.54) is 32.1 Å². The van der Waals surface area contributed by atoms with Crippen molar-refractivity contribution in [3.63, 3.8) is 0 Å². The minimum absolute atomic E-state index is 0. The van der Waals surface area contributed by atoms with Crippen LogP contribution in [0.3, 0.4) is 0 Å². The first-order valence-corrected chi connectivity index (χ1v) is 8.69. The van der Waals surface area contributed by atoms with Gasteiger partial charge in [-0.3, -0.25) is 0 Å². The molecular weight excluding hydrogens is 417 g/mol. The van der Waals surface area contributed by atoms with Gasteiger partial charge in [-0.25, -0.2) is 4.99 Å². The van der Waals surface area contributed by atoms with Gasteiger partial charge >= 0.3 is 0 Å². The summed E-state index contributed by atoms with van der Waals surface area (Å²) in [4.78, 5) is 6.56. The van der Waals surface area contributed by atoms with E-state index < -0.39 is 0 Å². The number of hydrogen-bond acceptors (Lipinski definition) is 3. The summed E-state index contributed by atoms with van der Waals surface area (Å²) in [7, 11) is 0. The maximum absolute atomic E-state index is 6.05. The van der Waals surface area contributed by atoms with E-state index in [0.717, 1.165) is 37.6 Å². The largest absolute Gasteiger partial charge is 0.490 e. The minimum atomic E-state index is 0. The molecule has 0 spiro atoms. The number of halogens is 1. The first-order chi connectivity index (χ1) is 11.3. The summed E-state index contributed by atoms with van der Waals surface area (Å²) in [5.74, 6) is 1.57. The van der Waals surface area contributed by atoms with Gasteiger partial charge in [-0.1, -0.05) is 18.6 Å². The highest BCUT2D eigenvalue weighted by Gasteiger charge is 2.15. The molecule has 1 aliphatic heterocycles. The fourth-order valence-corrected chi connectivity index (χ4v) is 3.11. The Morgan fingerprint density at radius 2 is 1.79 bits per heavy atom. The first kappa shape index (κ1) is 19.3. The van der Waals surface area contributed by atoms with Crippen LogP contribution in [0.2, 0.25) is 0 Å². The van der Waals surface area contributed by atoms with Crippen LogP contribution in [0.5, 0.6) is 5.75 Å². The fourth-order valence-electron chi connectivity index (χ4n) is 3.11. The highest BCUT2D eigenvalue weighted by molar-refractivity contribution is 14.0. The summed E-state index contributed by atoms with van der Waals surface area (Å²) in [5, 5.41) is 0. The van der Waals surface area contributed by atoms with Crippen LogP contribution in [0.25, 0.3) is 0 Å². The molecule has 0 unspecified atom stereocenters. The van der Waals surface area contributed by atoms with Gasteiger partial charge in [0.05, 0.1) is 25.9 Å². The van der Waals surface area contributed by atoms with Crippen LogP contribution in [0, 0.1) is 0 Å². The van der Waals surface area contributed by atoms with Crippen molar-refractivity contribution in [1.29, 1.82) is 0 Å². The molecule has 1 aliphatic carbocycles. The lowest BCUT2D eigenvalue weighted by molar-refractivity contribution is 0.0674. The zero-order chi connectivity index (χ0) is 15.9. The van der Waals surface area contributed by atoms with Crippen LogP contribution in [0.15, 0.2) is 29.3 Å². The van der Waals surface area contributed by atoms with Crippen LogP contribution >= 0.6 is 24.0 Å². The van der Waals surface area contributed by atoms with Gasteiger partial charge < -0.3 is 20.1 Å². The zero-order valence-electron chi connectivity index (χ0n) is 14.2. The van der Waals surface area contributed by atoms with Crippen LogP contribution in [-0.2, 0) is 11.3 Å². The Bertz CT molecular complexity index is 510. The molecule has 0 amide bonds. The Labute approximate surface area is 161 Å². The zero-order valence-corrected chi connectivity index (χ0v) is 16.5. The van der Waals surface area contributed by atoms with Gasteiger partial charge in [-0.2, -0.15) is 0 Å².